The first-order valence-corrected chi connectivity index (χ1v) is 9.87. The summed E-state index contributed by atoms with van der Waals surface area (Å²) in [5, 5.41) is 0. The molecule has 3 nitrogen and oxygen atoms in total. The van der Waals surface area contributed by atoms with Crippen molar-refractivity contribution in [1.29, 1.82) is 0 Å². The highest BCUT2D eigenvalue weighted by Crippen LogP contribution is 2.57. The molecule has 4 rings (SSSR count). The van der Waals surface area contributed by atoms with E-state index in [4.69, 9.17) is 4.74 Å². The largest absolute Gasteiger partial charge is 0.496 e. The monoisotopic (exact) mass is 341 g/mol. The zero-order valence-electron chi connectivity index (χ0n) is 16.1. The number of rotatable bonds is 2. The van der Waals surface area contributed by atoms with Crippen LogP contribution in [0, 0.1) is 11.3 Å². The maximum absolute atomic E-state index is 13.3. The Labute approximate surface area is 151 Å². The smallest absolute Gasteiger partial charge is 0.225 e. The summed E-state index contributed by atoms with van der Waals surface area (Å²) in [4.78, 5) is 15.5. The first kappa shape index (κ1) is 16.9. The molecule has 1 heterocycles. The van der Waals surface area contributed by atoms with Gasteiger partial charge < -0.3 is 9.64 Å². The van der Waals surface area contributed by atoms with Crippen LogP contribution < -0.4 is 4.74 Å². The van der Waals surface area contributed by atoms with Gasteiger partial charge in [0.05, 0.1) is 7.11 Å². The van der Waals surface area contributed by atoms with Crippen molar-refractivity contribution in [3.05, 3.63) is 29.3 Å². The van der Waals surface area contributed by atoms with Gasteiger partial charge in [0.25, 0.3) is 0 Å². The summed E-state index contributed by atoms with van der Waals surface area (Å²) in [5.74, 6) is 1.66. The van der Waals surface area contributed by atoms with Crippen molar-refractivity contribution in [1.82, 2.24) is 4.90 Å². The molecule has 3 heteroatoms. The predicted molar refractivity (Wildman–Crippen MR) is 99.9 cm³/mol. The molecule has 1 saturated carbocycles. The molecular weight excluding hydrogens is 310 g/mol. The van der Waals surface area contributed by atoms with E-state index in [1.165, 1.54) is 24.0 Å². The van der Waals surface area contributed by atoms with Crippen molar-refractivity contribution in [2.75, 3.05) is 13.7 Å². The third-order valence-electron chi connectivity index (χ3n) is 7.82. The lowest BCUT2D eigenvalue weighted by molar-refractivity contribution is -0.148. The van der Waals surface area contributed by atoms with E-state index in [0.29, 0.717) is 5.91 Å². The highest BCUT2D eigenvalue weighted by atomic mass is 16.5. The number of carbonyl (C=O) groups excluding carboxylic acids is 1. The minimum Gasteiger partial charge on any atom is -0.496 e. The summed E-state index contributed by atoms with van der Waals surface area (Å²) in [6, 6.07) is 6.74. The van der Waals surface area contributed by atoms with E-state index in [1.807, 2.05) is 0 Å². The maximum atomic E-state index is 13.3. The standard InChI is InChI=1S/C22H31NO2/c1-21(2)19-14-16-17(10-7-11-18(16)25-4)22(21,3)12-13-23(19)20(24)15-8-5-6-9-15/h7,10-11,15,19H,5-6,8-9,12-14H2,1-4H3/t19-,22+/m1/s1. The van der Waals surface area contributed by atoms with Gasteiger partial charge in [0.1, 0.15) is 5.75 Å². The molecule has 3 aliphatic rings. The van der Waals surface area contributed by atoms with Crippen LogP contribution in [0.2, 0.25) is 0 Å². The molecule has 0 unspecified atom stereocenters. The third-order valence-corrected chi connectivity index (χ3v) is 7.82. The first-order chi connectivity index (χ1) is 11.9. The summed E-state index contributed by atoms with van der Waals surface area (Å²) in [7, 11) is 1.76. The van der Waals surface area contributed by atoms with Gasteiger partial charge in [0.2, 0.25) is 5.91 Å². The van der Waals surface area contributed by atoms with E-state index < -0.39 is 0 Å². The van der Waals surface area contributed by atoms with Crippen LogP contribution in [-0.4, -0.2) is 30.5 Å². The number of ether oxygens (including phenoxy) is 1. The Balaban J connectivity index is 1.77. The highest BCUT2D eigenvalue weighted by Gasteiger charge is 2.57. The molecule has 1 amide bonds. The summed E-state index contributed by atoms with van der Waals surface area (Å²) >= 11 is 0. The lowest BCUT2D eigenvalue weighted by atomic mass is 9.51. The lowest BCUT2D eigenvalue weighted by Crippen LogP contribution is -2.65. The fraction of sp³-hybridized carbons (Fsp3) is 0.682. The number of methoxy groups -OCH3 is 1. The molecule has 1 saturated heterocycles. The average Bonchev–Trinajstić information content (AvgIpc) is 3.12. The van der Waals surface area contributed by atoms with E-state index in [1.54, 1.807) is 7.11 Å². The number of piperidine rings is 1. The number of hydrogen-bond donors (Lipinski definition) is 0. The Morgan fingerprint density at radius 2 is 1.92 bits per heavy atom. The molecule has 0 aromatic heterocycles. The van der Waals surface area contributed by atoms with E-state index in [2.05, 4.69) is 43.9 Å². The molecule has 2 atom stereocenters. The van der Waals surface area contributed by atoms with E-state index in [-0.39, 0.29) is 22.8 Å². The topological polar surface area (TPSA) is 29.5 Å². The van der Waals surface area contributed by atoms with Crippen molar-refractivity contribution in [2.24, 2.45) is 11.3 Å². The van der Waals surface area contributed by atoms with Gasteiger partial charge in [-0.15, -0.1) is 0 Å². The third kappa shape index (κ3) is 2.27. The average molecular weight is 341 g/mol. The number of amides is 1. The summed E-state index contributed by atoms with van der Waals surface area (Å²) in [6.45, 7) is 8.04. The molecule has 2 aliphatic carbocycles. The highest BCUT2D eigenvalue weighted by molar-refractivity contribution is 5.80. The Morgan fingerprint density at radius 3 is 2.60 bits per heavy atom. The number of fused-ring (bicyclic) bond motifs is 4. The molecule has 25 heavy (non-hydrogen) atoms. The second-order valence-corrected chi connectivity index (χ2v) is 9.02. The molecule has 0 radical (unpaired) electrons. The Kier molecular flexibility index (Phi) is 3.90. The number of nitrogens with zero attached hydrogens (tertiary/aromatic N) is 1. The molecule has 1 aromatic carbocycles. The molecule has 0 N–H and O–H groups in total. The fourth-order valence-electron chi connectivity index (χ4n) is 5.78. The van der Waals surface area contributed by atoms with Gasteiger partial charge in [-0.05, 0) is 48.3 Å². The van der Waals surface area contributed by atoms with E-state index in [0.717, 1.165) is 38.0 Å². The molecule has 1 aliphatic heterocycles. The van der Waals surface area contributed by atoms with Gasteiger partial charge in [0, 0.05) is 23.9 Å². The zero-order valence-corrected chi connectivity index (χ0v) is 16.1. The number of hydrogen-bond acceptors (Lipinski definition) is 2. The number of benzene rings is 1. The predicted octanol–water partition coefficient (Wildman–Crippen LogP) is 4.33. The Morgan fingerprint density at radius 1 is 1.20 bits per heavy atom. The lowest BCUT2D eigenvalue weighted by Gasteiger charge is -2.61. The van der Waals surface area contributed by atoms with Crippen LogP contribution in [-0.2, 0) is 16.6 Å². The van der Waals surface area contributed by atoms with Gasteiger partial charge in [0.15, 0.2) is 0 Å². The molecule has 136 valence electrons. The SMILES string of the molecule is COc1cccc2c1C[C@H]1N(C(=O)C3CCCC3)CC[C@]2(C)C1(C)C. The van der Waals surface area contributed by atoms with Crippen molar-refractivity contribution in [2.45, 2.75) is 70.8 Å². The van der Waals surface area contributed by atoms with Crippen LogP contribution in [0.1, 0.15) is 64.0 Å². The van der Waals surface area contributed by atoms with Crippen molar-refractivity contribution < 1.29 is 9.53 Å². The zero-order chi connectivity index (χ0) is 17.8. The van der Waals surface area contributed by atoms with Gasteiger partial charge in [-0.25, -0.2) is 0 Å². The van der Waals surface area contributed by atoms with Crippen LogP contribution in [0.25, 0.3) is 0 Å². The van der Waals surface area contributed by atoms with E-state index in [9.17, 15) is 4.79 Å². The quantitative estimate of drug-likeness (QED) is 0.801. The molecule has 2 bridgehead atoms. The van der Waals surface area contributed by atoms with E-state index >= 15 is 0 Å². The summed E-state index contributed by atoms with van der Waals surface area (Å²) < 4.78 is 5.68. The molecule has 0 spiro atoms. The van der Waals surface area contributed by atoms with Gasteiger partial charge in [-0.1, -0.05) is 45.7 Å². The second-order valence-electron chi connectivity index (χ2n) is 9.02. The maximum Gasteiger partial charge on any atom is 0.225 e. The van der Waals surface area contributed by atoms with Crippen LogP contribution in [0.4, 0.5) is 0 Å². The van der Waals surface area contributed by atoms with Crippen LogP contribution in [0.3, 0.4) is 0 Å². The first-order valence-electron chi connectivity index (χ1n) is 9.87. The second kappa shape index (κ2) is 5.75. The molecule has 2 fully saturated rings. The Hall–Kier alpha value is -1.51. The van der Waals surface area contributed by atoms with Crippen LogP contribution in [0.15, 0.2) is 18.2 Å². The normalized spacial score (nSPS) is 30.9. The number of carbonyl (C=O) groups is 1. The Bertz CT molecular complexity index is 689. The minimum atomic E-state index is 0.0683. The fourth-order valence-corrected chi connectivity index (χ4v) is 5.78. The summed E-state index contributed by atoms with van der Waals surface area (Å²) in [6.07, 6.45) is 6.55. The van der Waals surface area contributed by atoms with Crippen molar-refractivity contribution in [3.8, 4) is 5.75 Å². The van der Waals surface area contributed by atoms with Gasteiger partial charge in [-0.3, -0.25) is 4.79 Å². The van der Waals surface area contributed by atoms with Gasteiger partial charge in [-0.2, -0.15) is 0 Å². The van der Waals surface area contributed by atoms with Crippen molar-refractivity contribution >= 4 is 5.91 Å². The van der Waals surface area contributed by atoms with Crippen molar-refractivity contribution in [3.63, 3.8) is 0 Å². The van der Waals surface area contributed by atoms with Crippen LogP contribution >= 0.6 is 0 Å². The number of likely N-dealkylation sites (tertiary alicyclic amines) is 1. The molecule has 1 aromatic rings. The minimum absolute atomic E-state index is 0.0683. The molecular formula is C22H31NO2. The van der Waals surface area contributed by atoms with Gasteiger partial charge >= 0.3 is 0 Å². The summed E-state index contributed by atoms with van der Waals surface area (Å²) in [5.41, 5.74) is 2.91. The van der Waals surface area contributed by atoms with Crippen LogP contribution in [0.5, 0.6) is 5.75 Å².